The van der Waals surface area contributed by atoms with Crippen LogP contribution in [0.25, 0.3) is 0 Å². The first-order valence-electron chi connectivity index (χ1n) is 7.74. The molecule has 9 heteroatoms. The standard InChI is InChI=1S/C15H25N5O2S2/c1-12-5-6-13(24(21,22)18(2)3)11-14(12)16-15(23)17-20-9-7-19(4)8-10-20/h5-6,11H,7-10H2,1-4H3,(H2,16,17,23). The topological polar surface area (TPSA) is 67.9 Å². The minimum atomic E-state index is -3.47. The lowest BCUT2D eigenvalue weighted by Gasteiger charge is -2.33. The van der Waals surface area contributed by atoms with Crippen LogP contribution in [0.3, 0.4) is 0 Å². The van der Waals surface area contributed by atoms with Crippen molar-refractivity contribution in [1.29, 1.82) is 0 Å². The maximum absolute atomic E-state index is 12.3. The smallest absolute Gasteiger partial charge is 0.242 e. The van der Waals surface area contributed by atoms with Crippen molar-refractivity contribution in [2.45, 2.75) is 11.8 Å². The maximum atomic E-state index is 12.3. The molecule has 24 heavy (non-hydrogen) atoms. The summed E-state index contributed by atoms with van der Waals surface area (Å²) in [5.41, 5.74) is 4.77. The number of hydrogen-bond acceptors (Lipinski definition) is 5. The van der Waals surface area contributed by atoms with Crippen molar-refractivity contribution in [3.05, 3.63) is 23.8 Å². The average molecular weight is 372 g/mol. The van der Waals surface area contributed by atoms with Crippen LogP contribution in [0.5, 0.6) is 0 Å². The molecule has 1 heterocycles. The van der Waals surface area contributed by atoms with E-state index in [0.717, 1.165) is 31.7 Å². The molecule has 1 saturated heterocycles. The summed E-state index contributed by atoms with van der Waals surface area (Å²) >= 11 is 5.36. The number of likely N-dealkylation sites (N-methyl/N-ethyl adjacent to an activating group) is 1. The van der Waals surface area contributed by atoms with Gasteiger partial charge in [-0.1, -0.05) is 6.07 Å². The zero-order chi connectivity index (χ0) is 17.9. The van der Waals surface area contributed by atoms with Crippen molar-refractivity contribution in [2.75, 3.05) is 52.6 Å². The summed E-state index contributed by atoms with van der Waals surface area (Å²) in [6.45, 7) is 5.63. The van der Waals surface area contributed by atoms with Crippen LogP contribution in [0.1, 0.15) is 5.56 Å². The average Bonchev–Trinajstić information content (AvgIpc) is 2.51. The molecule has 0 bridgehead atoms. The molecule has 2 rings (SSSR count). The molecule has 0 amide bonds. The van der Waals surface area contributed by atoms with Gasteiger partial charge < -0.3 is 10.2 Å². The van der Waals surface area contributed by atoms with Gasteiger partial charge in [-0.15, -0.1) is 0 Å². The summed E-state index contributed by atoms with van der Waals surface area (Å²) in [7, 11) is 1.65. The molecule has 7 nitrogen and oxygen atoms in total. The van der Waals surface area contributed by atoms with E-state index in [1.165, 1.54) is 18.4 Å². The lowest BCUT2D eigenvalue weighted by Crippen LogP contribution is -2.53. The fraction of sp³-hybridized carbons (Fsp3) is 0.533. The van der Waals surface area contributed by atoms with Crippen LogP contribution < -0.4 is 10.7 Å². The van der Waals surface area contributed by atoms with E-state index >= 15 is 0 Å². The van der Waals surface area contributed by atoms with Gasteiger partial charge in [0.15, 0.2) is 5.11 Å². The SMILES string of the molecule is Cc1ccc(S(=O)(=O)N(C)C)cc1NC(=S)NN1CCN(C)CC1. The van der Waals surface area contributed by atoms with Gasteiger partial charge in [-0.3, -0.25) is 5.43 Å². The van der Waals surface area contributed by atoms with Crippen molar-refractivity contribution in [1.82, 2.24) is 19.6 Å². The molecule has 1 aromatic carbocycles. The Labute approximate surface area is 149 Å². The number of aryl methyl sites for hydroxylation is 1. The highest BCUT2D eigenvalue weighted by atomic mass is 32.2. The molecule has 1 aliphatic heterocycles. The lowest BCUT2D eigenvalue weighted by atomic mass is 10.2. The molecule has 0 saturated carbocycles. The number of benzene rings is 1. The Bertz CT molecular complexity index is 698. The molecule has 0 unspecified atom stereocenters. The molecule has 1 aromatic rings. The number of anilines is 1. The Hall–Kier alpha value is -1.26. The molecular weight excluding hydrogens is 346 g/mol. The van der Waals surface area contributed by atoms with Crippen molar-refractivity contribution in [3.63, 3.8) is 0 Å². The van der Waals surface area contributed by atoms with Gasteiger partial charge in [0.05, 0.1) is 4.90 Å². The second kappa shape index (κ2) is 7.75. The van der Waals surface area contributed by atoms with Crippen molar-refractivity contribution >= 4 is 33.0 Å². The third-order valence-corrected chi connectivity index (χ3v) is 6.00. The van der Waals surface area contributed by atoms with Gasteiger partial charge in [0, 0.05) is 46.0 Å². The van der Waals surface area contributed by atoms with Crippen LogP contribution in [0, 0.1) is 6.92 Å². The highest BCUT2D eigenvalue weighted by molar-refractivity contribution is 7.89. The Kier molecular flexibility index (Phi) is 6.16. The predicted molar refractivity (Wildman–Crippen MR) is 100 cm³/mol. The van der Waals surface area contributed by atoms with Gasteiger partial charge >= 0.3 is 0 Å². The van der Waals surface area contributed by atoms with Crippen LogP contribution in [-0.4, -0.2) is 75.1 Å². The molecule has 0 atom stereocenters. The fourth-order valence-electron chi connectivity index (χ4n) is 2.32. The predicted octanol–water partition coefficient (Wildman–Crippen LogP) is 0.694. The second-order valence-electron chi connectivity index (χ2n) is 6.12. The minimum Gasteiger partial charge on any atom is -0.331 e. The maximum Gasteiger partial charge on any atom is 0.242 e. The number of thiocarbonyl (C=S) groups is 1. The van der Waals surface area contributed by atoms with Crippen molar-refractivity contribution in [3.8, 4) is 0 Å². The van der Waals surface area contributed by atoms with Gasteiger partial charge in [0.1, 0.15) is 0 Å². The van der Waals surface area contributed by atoms with Crippen LogP contribution in [-0.2, 0) is 10.0 Å². The highest BCUT2D eigenvalue weighted by Crippen LogP contribution is 2.22. The third kappa shape index (κ3) is 4.64. The molecular formula is C15H25N5O2S2. The summed E-state index contributed by atoms with van der Waals surface area (Å²) in [5.74, 6) is 0. The summed E-state index contributed by atoms with van der Waals surface area (Å²) in [6.07, 6.45) is 0. The molecule has 1 aliphatic rings. The first-order chi connectivity index (χ1) is 11.2. The van der Waals surface area contributed by atoms with E-state index in [-0.39, 0.29) is 4.90 Å². The van der Waals surface area contributed by atoms with Crippen LogP contribution in [0.15, 0.2) is 23.1 Å². The summed E-state index contributed by atoms with van der Waals surface area (Å²) in [6, 6.07) is 4.99. The first kappa shape index (κ1) is 19.1. The third-order valence-electron chi connectivity index (χ3n) is 4.00. The molecule has 0 aromatic heterocycles. The van der Waals surface area contributed by atoms with E-state index in [1.807, 2.05) is 6.92 Å². The van der Waals surface area contributed by atoms with Gasteiger partial charge in [-0.05, 0) is 43.9 Å². The van der Waals surface area contributed by atoms with Gasteiger partial charge in [0.25, 0.3) is 0 Å². The van der Waals surface area contributed by atoms with Crippen molar-refractivity contribution < 1.29 is 8.42 Å². The first-order valence-corrected chi connectivity index (χ1v) is 9.59. The van der Waals surface area contributed by atoms with Crippen LogP contribution in [0.2, 0.25) is 0 Å². The second-order valence-corrected chi connectivity index (χ2v) is 8.68. The zero-order valence-corrected chi connectivity index (χ0v) is 16.2. The number of hydrogen-bond donors (Lipinski definition) is 2. The largest absolute Gasteiger partial charge is 0.331 e. The zero-order valence-electron chi connectivity index (χ0n) is 14.5. The Balaban J connectivity index is 2.07. The molecule has 0 radical (unpaired) electrons. The van der Waals surface area contributed by atoms with Crippen molar-refractivity contribution in [2.24, 2.45) is 0 Å². The van der Waals surface area contributed by atoms with Crippen LogP contribution >= 0.6 is 12.2 Å². The number of sulfonamides is 1. The summed E-state index contributed by atoms with van der Waals surface area (Å²) < 4.78 is 25.7. The van der Waals surface area contributed by atoms with E-state index in [0.29, 0.717) is 10.8 Å². The highest BCUT2D eigenvalue weighted by Gasteiger charge is 2.19. The Morgan fingerprint density at radius 1 is 1.21 bits per heavy atom. The lowest BCUT2D eigenvalue weighted by molar-refractivity contribution is 0.131. The van der Waals surface area contributed by atoms with E-state index in [4.69, 9.17) is 12.2 Å². The van der Waals surface area contributed by atoms with E-state index in [9.17, 15) is 8.42 Å². The molecule has 134 valence electrons. The van der Waals surface area contributed by atoms with E-state index in [2.05, 4.69) is 27.7 Å². The monoisotopic (exact) mass is 371 g/mol. The fourth-order valence-corrected chi connectivity index (χ4v) is 3.49. The molecule has 0 aliphatic carbocycles. The Morgan fingerprint density at radius 3 is 2.42 bits per heavy atom. The van der Waals surface area contributed by atoms with E-state index in [1.54, 1.807) is 18.2 Å². The normalized spacial score (nSPS) is 17.0. The molecule has 0 spiro atoms. The van der Waals surface area contributed by atoms with E-state index < -0.39 is 10.0 Å². The van der Waals surface area contributed by atoms with Gasteiger partial charge in [0.2, 0.25) is 10.0 Å². The number of nitrogens with one attached hydrogen (secondary N) is 2. The molecule has 2 N–H and O–H groups in total. The number of hydrazine groups is 1. The summed E-state index contributed by atoms with van der Waals surface area (Å²) in [4.78, 5) is 2.50. The number of nitrogens with zero attached hydrogens (tertiary/aromatic N) is 3. The molecule has 1 fully saturated rings. The Morgan fingerprint density at radius 2 is 1.83 bits per heavy atom. The summed E-state index contributed by atoms with van der Waals surface area (Å²) in [5, 5.41) is 5.62. The van der Waals surface area contributed by atoms with Crippen LogP contribution in [0.4, 0.5) is 5.69 Å². The minimum absolute atomic E-state index is 0.239. The quantitative estimate of drug-likeness (QED) is 0.755. The van der Waals surface area contributed by atoms with Gasteiger partial charge in [-0.2, -0.15) is 0 Å². The number of rotatable bonds is 4. The van der Waals surface area contributed by atoms with Gasteiger partial charge in [-0.25, -0.2) is 17.7 Å². The number of piperazine rings is 1.